The fraction of sp³-hybridized carbons (Fsp3) is 0.440. The molecule has 1 aliphatic heterocycles. The summed E-state index contributed by atoms with van der Waals surface area (Å²) in [6, 6.07) is 13.8. The van der Waals surface area contributed by atoms with E-state index in [-0.39, 0.29) is 23.9 Å². The average molecular weight is 472 g/mol. The number of piperazine rings is 1. The van der Waals surface area contributed by atoms with E-state index in [2.05, 4.69) is 19.2 Å². The molecule has 0 radical (unpaired) electrons. The summed E-state index contributed by atoms with van der Waals surface area (Å²) in [7, 11) is -3.96. The number of hydrogen-bond donors (Lipinski definition) is 1. The first-order valence-electron chi connectivity index (χ1n) is 11.2. The minimum absolute atomic E-state index is 0.104. The van der Waals surface area contributed by atoms with Crippen molar-refractivity contribution in [3.63, 3.8) is 0 Å². The smallest absolute Gasteiger partial charge is 0.247 e. The molecular weight excluding hydrogens is 438 g/mol. The van der Waals surface area contributed by atoms with Gasteiger partial charge in [0, 0.05) is 18.8 Å². The van der Waals surface area contributed by atoms with Crippen LogP contribution in [-0.2, 0) is 19.6 Å². The Labute approximate surface area is 196 Å². The van der Waals surface area contributed by atoms with Crippen LogP contribution in [0.3, 0.4) is 0 Å². The van der Waals surface area contributed by atoms with Crippen molar-refractivity contribution in [1.82, 2.24) is 9.62 Å². The lowest BCUT2D eigenvalue weighted by molar-refractivity contribution is -0.132. The second-order valence-electron chi connectivity index (χ2n) is 9.36. The average Bonchev–Trinajstić information content (AvgIpc) is 2.74. The van der Waals surface area contributed by atoms with Gasteiger partial charge in [-0.05, 0) is 57.4 Å². The van der Waals surface area contributed by atoms with Gasteiger partial charge in [0.15, 0.2) is 0 Å². The van der Waals surface area contributed by atoms with Gasteiger partial charge < -0.3 is 5.32 Å². The summed E-state index contributed by atoms with van der Waals surface area (Å²) < 4.78 is 27.9. The van der Waals surface area contributed by atoms with Gasteiger partial charge in [-0.3, -0.25) is 14.5 Å². The minimum atomic E-state index is -3.96. The van der Waals surface area contributed by atoms with Crippen molar-refractivity contribution in [3.05, 3.63) is 59.7 Å². The Morgan fingerprint density at radius 2 is 1.58 bits per heavy atom. The Kier molecular flexibility index (Phi) is 7.29. The van der Waals surface area contributed by atoms with Gasteiger partial charge in [0.2, 0.25) is 21.8 Å². The zero-order valence-electron chi connectivity index (χ0n) is 20.0. The van der Waals surface area contributed by atoms with E-state index in [4.69, 9.17) is 0 Å². The van der Waals surface area contributed by atoms with Crippen molar-refractivity contribution >= 4 is 27.5 Å². The number of anilines is 1. The highest BCUT2D eigenvalue weighted by Crippen LogP contribution is 2.32. The molecule has 2 aromatic carbocycles. The first kappa shape index (κ1) is 24.9. The summed E-state index contributed by atoms with van der Waals surface area (Å²) in [4.78, 5) is 28.3. The van der Waals surface area contributed by atoms with Gasteiger partial charge in [-0.1, -0.05) is 49.2 Å². The minimum Gasteiger partial charge on any atom is -0.354 e. The summed E-state index contributed by atoms with van der Waals surface area (Å²) in [5.41, 5.74) is 1.12. The number of rotatable bonds is 7. The fourth-order valence-electron chi connectivity index (χ4n) is 3.96. The highest BCUT2D eigenvalue weighted by molar-refractivity contribution is 7.89. The molecule has 0 saturated carbocycles. The van der Waals surface area contributed by atoms with Crippen LogP contribution in [0, 0.1) is 19.8 Å². The molecule has 1 atom stereocenters. The predicted molar refractivity (Wildman–Crippen MR) is 129 cm³/mol. The molecule has 2 aromatic rings. The molecule has 8 heteroatoms. The Hall–Kier alpha value is -2.71. The number of hydrogen-bond acceptors (Lipinski definition) is 4. The predicted octanol–water partition coefficient (Wildman–Crippen LogP) is 3.26. The summed E-state index contributed by atoms with van der Waals surface area (Å²) in [5, 5.41) is 2.92. The second kappa shape index (κ2) is 9.65. The number of aryl methyl sites for hydroxylation is 2. The van der Waals surface area contributed by atoms with Crippen LogP contribution in [0.1, 0.15) is 38.3 Å². The van der Waals surface area contributed by atoms with Crippen LogP contribution in [0.25, 0.3) is 0 Å². The number of carbonyl (C=O) groups excluding carboxylic acids is 2. The standard InChI is InChI=1S/C25H33N3O4S/c1-18(2)14-15-26-24(30)25(5)17-27(33(31,32)22-12-8-20(4)9-13-22)16-23(29)28(25)21-10-6-19(3)7-11-21/h6-13,18H,14-17H2,1-5H3,(H,26,30). The number of nitrogens with one attached hydrogen (secondary N) is 1. The molecule has 178 valence electrons. The molecule has 1 N–H and O–H groups in total. The lowest BCUT2D eigenvalue weighted by atomic mass is 9.94. The second-order valence-corrected chi connectivity index (χ2v) is 11.3. The molecule has 33 heavy (non-hydrogen) atoms. The molecule has 1 saturated heterocycles. The molecule has 1 fully saturated rings. The van der Waals surface area contributed by atoms with Crippen LogP contribution in [0.4, 0.5) is 5.69 Å². The molecule has 0 bridgehead atoms. The summed E-state index contributed by atoms with van der Waals surface area (Å²) >= 11 is 0. The van der Waals surface area contributed by atoms with Gasteiger partial charge in [0.25, 0.3) is 0 Å². The van der Waals surface area contributed by atoms with Gasteiger partial charge >= 0.3 is 0 Å². The van der Waals surface area contributed by atoms with Gasteiger partial charge in [-0.25, -0.2) is 8.42 Å². The molecule has 0 aromatic heterocycles. The maximum Gasteiger partial charge on any atom is 0.247 e. The summed E-state index contributed by atoms with van der Waals surface area (Å²) in [6.07, 6.45) is 0.783. The third-order valence-corrected chi connectivity index (χ3v) is 7.79. The number of benzene rings is 2. The van der Waals surface area contributed by atoms with Crippen LogP contribution in [0.2, 0.25) is 0 Å². The van der Waals surface area contributed by atoms with E-state index in [1.165, 1.54) is 17.0 Å². The third-order valence-electron chi connectivity index (χ3n) is 5.99. The van der Waals surface area contributed by atoms with Crippen molar-refractivity contribution in [2.24, 2.45) is 5.92 Å². The summed E-state index contributed by atoms with van der Waals surface area (Å²) in [6.45, 7) is 9.54. The van der Waals surface area contributed by atoms with E-state index in [0.717, 1.165) is 21.9 Å². The van der Waals surface area contributed by atoms with E-state index >= 15 is 0 Å². The van der Waals surface area contributed by atoms with Crippen LogP contribution >= 0.6 is 0 Å². The quantitative estimate of drug-likeness (QED) is 0.672. The number of sulfonamides is 1. The van der Waals surface area contributed by atoms with Gasteiger partial charge in [-0.15, -0.1) is 0 Å². The van der Waals surface area contributed by atoms with Gasteiger partial charge in [-0.2, -0.15) is 4.31 Å². The SMILES string of the molecule is Cc1ccc(N2C(=O)CN(S(=O)(=O)c3ccc(C)cc3)CC2(C)C(=O)NCCC(C)C)cc1. The van der Waals surface area contributed by atoms with Crippen LogP contribution in [0.15, 0.2) is 53.4 Å². The summed E-state index contributed by atoms with van der Waals surface area (Å²) in [5.74, 6) is -0.416. The zero-order valence-corrected chi connectivity index (χ0v) is 20.8. The van der Waals surface area contributed by atoms with E-state index in [9.17, 15) is 18.0 Å². The van der Waals surface area contributed by atoms with Gasteiger partial charge in [0.1, 0.15) is 5.54 Å². The molecular formula is C25H33N3O4S. The molecule has 7 nitrogen and oxygen atoms in total. The van der Waals surface area contributed by atoms with Crippen molar-refractivity contribution in [3.8, 4) is 0 Å². The maximum absolute atomic E-state index is 13.4. The van der Waals surface area contributed by atoms with E-state index in [1.54, 1.807) is 31.2 Å². The van der Waals surface area contributed by atoms with E-state index in [0.29, 0.717) is 18.2 Å². The van der Waals surface area contributed by atoms with Crippen LogP contribution in [0.5, 0.6) is 0 Å². The maximum atomic E-state index is 13.4. The van der Waals surface area contributed by atoms with E-state index < -0.39 is 21.5 Å². The molecule has 1 heterocycles. The first-order chi connectivity index (χ1) is 15.4. The van der Waals surface area contributed by atoms with Crippen molar-refractivity contribution < 1.29 is 18.0 Å². The molecule has 0 spiro atoms. The van der Waals surface area contributed by atoms with E-state index in [1.807, 2.05) is 26.0 Å². The Bertz CT molecular complexity index is 1110. The molecule has 0 aliphatic carbocycles. The normalized spacial score (nSPS) is 19.7. The van der Waals surface area contributed by atoms with Gasteiger partial charge in [0.05, 0.1) is 11.4 Å². The topological polar surface area (TPSA) is 86.8 Å². The highest BCUT2D eigenvalue weighted by atomic mass is 32.2. The zero-order chi connectivity index (χ0) is 24.4. The lowest BCUT2D eigenvalue weighted by Gasteiger charge is -2.46. The number of carbonyl (C=O) groups is 2. The Balaban J connectivity index is 1.99. The highest BCUT2D eigenvalue weighted by Gasteiger charge is 2.51. The van der Waals surface area contributed by atoms with Crippen LogP contribution in [-0.4, -0.2) is 49.7 Å². The third kappa shape index (κ3) is 5.28. The first-order valence-corrected chi connectivity index (χ1v) is 12.6. The monoisotopic (exact) mass is 471 g/mol. The molecule has 1 aliphatic rings. The largest absolute Gasteiger partial charge is 0.354 e. The molecule has 3 rings (SSSR count). The fourth-order valence-corrected chi connectivity index (χ4v) is 5.44. The Morgan fingerprint density at radius 1 is 1.03 bits per heavy atom. The Morgan fingerprint density at radius 3 is 2.12 bits per heavy atom. The van der Waals surface area contributed by atoms with Crippen molar-refractivity contribution in [1.29, 1.82) is 0 Å². The van der Waals surface area contributed by atoms with Crippen molar-refractivity contribution in [2.75, 3.05) is 24.5 Å². The molecule has 2 amide bonds. The molecule has 1 unspecified atom stereocenters. The number of amides is 2. The van der Waals surface area contributed by atoms with Crippen molar-refractivity contribution in [2.45, 2.75) is 51.5 Å². The van der Waals surface area contributed by atoms with Crippen LogP contribution < -0.4 is 10.2 Å². The number of nitrogens with zero attached hydrogens (tertiary/aromatic N) is 2. The lowest BCUT2D eigenvalue weighted by Crippen LogP contribution is -2.70.